The van der Waals surface area contributed by atoms with E-state index in [9.17, 15) is 4.79 Å². The number of methoxy groups -OCH3 is 1. The minimum Gasteiger partial charge on any atom is -0.497 e. The van der Waals surface area contributed by atoms with Crippen molar-refractivity contribution in [1.82, 2.24) is 10.3 Å². The largest absolute Gasteiger partial charge is 0.497 e. The molecular weight excluding hydrogens is 396 g/mol. The Bertz CT molecular complexity index is 1100. The van der Waals surface area contributed by atoms with Gasteiger partial charge < -0.3 is 19.5 Å². The van der Waals surface area contributed by atoms with Gasteiger partial charge in [-0.05, 0) is 54.4 Å². The van der Waals surface area contributed by atoms with Crippen LogP contribution in [0.3, 0.4) is 0 Å². The highest BCUT2D eigenvalue weighted by atomic mass is 79.9. The number of H-pyrrole nitrogens is 1. The van der Waals surface area contributed by atoms with E-state index in [1.165, 1.54) is 0 Å². The Balaban J connectivity index is 1.44. The van der Waals surface area contributed by atoms with Gasteiger partial charge >= 0.3 is 0 Å². The van der Waals surface area contributed by atoms with Crippen molar-refractivity contribution in [3.63, 3.8) is 0 Å². The molecule has 0 aliphatic heterocycles. The maximum Gasteiger partial charge on any atom is 0.287 e. The summed E-state index contributed by atoms with van der Waals surface area (Å²) < 4.78 is 11.9. The van der Waals surface area contributed by atoms with Crippen molar-refractivity contribution in [2.45, 2.75) is 6.42 Å². The molecule has 0 spiro atoms. The molecule has 4 rings (SSSR count). The van der Waals surface area contributed by atoms with Crippen molar-refractivity contribution in [1.29, 1.82) is 0 Å². The van der Waals surface area contributed by atoms with E-state index in [-0.39, 0.29) is 5.91 Å². The summed E-state index contributed by atoms with van der Waals surface area (Å²) in [5, 5.41) is 4.92. The van der Waals surface area contributed by atoms with Gasteiger partial charge in [-0.3, -0.25) is 4.79 Å². The van der Waals surface area contributed by atoms with E-state index < -0.39 is 0 Å². The lowest BCUT2D eigenvalue weighted by Gasteiger charge is -2.04. The molecule has 26 heavy (non-hydrogen) atoms. The lowest BCUT2D eigenvalue weighted by Crippen LogP contribution is -2.25. The van der Waals surface area contributed by atoms with Gasteiger partial charge in [-0.25, -0.2) is 0 Å². The van der Waals surface area contributed by atoms with Crippen LogP contribution in [0.5, 0.6) is 5.75 Å². The molecule has 0 saturated heterocycles. The fourth-order valence-corrected chi connectivity index (χ4v) is 3.39. The first-order valence-corrected chi connectivity index (χ1v) is 9.04. The molecule has 2 aromatic carbocycles. The fourth-order valence-electron chi connectivity index (χ4n) is 3.02. The first kappa shape index (κ1) is 16.7. The predicted octanol–water partition coefficient (Wildman–Crippen LogP) is 4.66. The molecule has 2 heterocycles. The monoisotopic (exact) mass is 412 g/mol. The Morgan fingerprint density at radius 2 is 2.12 bits per heavy atom. The number of halogens is 1. The number of amides is 1. The highest BCUT2D eigenvalue weighted by Crippen LogP contribution is 2.25. The molecule has 6 heteroatoms. The molecule has 0 aliphatic rings. The molecule has 0 aliphatic carbocycles. The number of nitrogens with one attached hydrogen (secondary N) is 2. The molecule has 4 aromatic rings. The van der Waals surface area contributed by atoms with Crippen LogP contribution in [0.1, 0.15) is 16.1 Å². The molecule has 5 nitrogen and oxygen atoms in total. The third-order valence-corrected chi connectivity index (χ3v) is 4.85. The van der Waals surface area contributed by atoms with Crippen molar-refractivity contribution in [2.75, 3.05) is 13.7 Å². The molecular formula is C20H17BrN2O3. The van der Waals surface area contributed by atoms with Crippen LogP contribution in [0.4, 0.5) is 0 Å². The van der Waals surface area contributed by atoms with E-state index in [4.69, 9.17) is 9.15 Å². The molecule has 2 N–H and O–H groups in total. The number of aromatic amines is 1. The number of hydrogen-bond acceptors (Lipinski definition) is 3. The summed E-state index contributed by atoms with van der Waals surface area (Å²) in [5.74, 6) is 0.921. The molecule has 0 fully saturated rings. The second kappa shape index (κ2) is 6.88. The van der Waals surface area contributed by atoms with Crippen LogP contribution in [-0.2, 0) is 6.42 Å². The lowest BCUT2D eigenvalue weighted by molar-refractivity contribution is 0.0928. The van der Waals surface area contributed by atoms with Gasteiger partial charge in [-0.15, -0.1) is 0 Å². The SMILES string of the molecule is COc1ccc2[nH]cc(CCNC(=O)c3cc4cc(Br)ccc4o3)c2c1. The van der Waals surface area contributed by atoms with Crippen LogP contribution in [0.15, 0.2) is 57.6 Å². The molecule has 2 aromatic heterocycles. The number of rotatable bonds is 5. The fraction of sp³-hybridized carbons (Fsp3) is 0.150. The average Bonchev–Trinajstić information content (AvgIpc) is 3.25. The van der Waals surface area contributed by atoms with Crippen LogP contribution >= 0.6 is 15.9 Å². The van der Waals surface area contributed by atoms with Crippen LogP contribution in [0.2, 0.25) is 0 Å². The van der Waals surface area contributed by atoms with E-state index in [0.29, 0.717) is 24.3 Å². The predicted molar refractivity (Wildman–Crippen MR) is 105 cm³/mol. The number of benzene rings is 2. The number of carbonyl (C=O) groups is 1. The van der Waals surface area contributed by atoms with Crippen LogP contribution in [-0.4, -0.2) is 24.5 Å². The molecule has 0 unspecified atom stereocenters. The Kier molecular flexibility index (Phi) is 4.42. The van der Waals surface area contributed by atoms with Gasteiger partial charge in [0.25, 0.3) is 5.91 Å². The smallest absolute Gasteiger partial charge is 0.287 e. The van der Waals surface area contributed by atoms with Crippen LogP contribution < -0.4 is 10.1 Å². The highest BCUT2D eigenvalue weighted by Gasteiger charge is 2.12. The topological polar surface area (TPSA) is 67.3 Å². The summed E-state index contributed by atoms with van der Waals surface area (Å²) in [5.41, 5.74) is 2.88. The Hall–Kier alpha value is -2.73. The maximum atomic E-state index is 12.3. The number of ether oxygens (including phenoxy) is 1. The minimum atomic E-state index is -0.213. The van der Waals surface area contributed by atoms with Gasteiger partial charge in [-0.2, -0.15) is 0 Å². The summed E-state index contributed by atoms with van der Waals surface area (Å²) in [7, 11) is 1.65. The second-order valence-corrected chi connectivity index (χ2v) is 6.94. The highest BCUT2D eigenvalue weighted by molar-refractivity contribution is 9.10. The van der Waals surface area contributed by atoms with E-state index in [2.05, 4.69) is 26.2 Å². The standard InChI is InChI=1S/C20H17BrN2O3/c1-25-15-3-4-17-16(10-15)12(11-23-17)6-7-22-20(24)19-9-13-8-14(21)2-5-18(13)26-19/h2-5,8-11,23H,6-7H2,1H3,(H,22,24). The van der Waals surface area contributed by atoms with Gasteiger partial charge in [-0.1, -0.05) is 15.9 Å². The van der Waals surface area contributed by atoms with Crippen molar-refractivity contribution in [3.8, 4) is 5.75 Å². The van der Waals surface area contributed by atoms with Crippen molar-refractivity contribution in [2.24, 2.45) is 0 Å². The number of furan rings is 1. The van der Waals surface area contributed by atoms with E-state index in [0.717, 1.165) is 32.1 Å². The summed E-state index contributed by atoms with van der Waals surface area (Å²) in [6.45, 7) is 0.518. The zero-order valence-electron chi connectivity index (χ0n) is 14.1. The second-order valence-electron chi connectivity index (χ2n) is 6.02. The first-order chi connectivity index (χ1) is 12.6. The Labute approximate surface area is 158 Å². The van der Waals surface area contributed by atoms with Crippen LogP contribution in [0.25, 0.3) is 21.9 Å². The van der Waals surface area contributed by atoms with E-state index in [1.807, 2.05) is 42.6 Å². The summed E-state index contributed by atoms with van der Waals surface area (Å²) in [4.78, 5) is 15.6. The Morgan fingerprint density at radius 3 is 2.96 bits per heavy atom. The molecule has 0 atom stereocenters. The Morgan fingerprint density at radius 1 is 1.23 bits per heavy atom. The zero-order chi connectivity index (χ0) is 18.1. The van der Waals surface area contributed by atoms with Gasteiger partial charge in [0.1, 0.15) is 11.3 Å². The normalized spacial score (nSPS) is 11.2. The first-order valence-electron chi connectivity index (χ1n) is 8.25. The molecule has 0 bridgehead atoms. The van der Waals surface area contributed by atoms with Gasteiger partial charge in [0.2, 0.25) is 0 Å². The van der Waals surface area contributed by atoms with Gasteiger partial charge in [0.15, 0.2) is 5.76 Å². The van der Waals surface area contributed by atoms with E-state index in [1.54, 1.807) is 13.2 Å². The molecule has 1 amide bonds. The lowest BCUT2D eigenvalue weighted by atomic mass is 10.1. The van der Waals surface area contributed by atoms with Gasteiger partial charge in [0.05, 0.1) is 7.11 Å². The number of aromatic nitrogens is 1. The van der Waals surface area contributed by atoms with Crippen molar-refractivity contribution >= 4 is 43.7 Å². The molecule has 0 saturated carbocycles. The number of hydrogen-bond donors (Lipinski definition) is 2. The van der Waals surface area contributed by atoms with Gasteiger partial charge in [0, 0.05) is 33.5 Å². The van der Waals surface area contributed by atoms with E-state index >= 15 is 0 Å². The average molecular weight is 413 g/mol. The maximum absolute atomic E-state index is 12.3. The van der Waals surface area contributed by atoms with Crippen molar-refractivity contribution < 1.29 is 13.9 Å². The summed E-state index contributed by atoms with van der Waals surface area (Å²) in [6, 6.07) is 13.3. The molecule has 132 valence electrons. The number of fused-ring (bicyclic) bond motifs is 2. The summed E-state index contributed by atoms with van der Waals surface area (Å²) >= 11 is 3.42. The van der Waals surface area contributed by atoms with Crippen LogP contribution in [0, 0.1) is 0 Å². The minimum absolute atomic E-state index is 0.213. The van der Waals surface area contributed by atoms with Crippen molar-refractivity contribution in [3.05, 3.63) is 64.5 Å². The third kappa shape index (κ3) is 3.20. The third-order valence-electron chi connectivity index (χ3n) is 4.36. The quantitative estimate of drug-likeness (QED) is 0.500. The summed E-state index contributed by atoms with van der Waals surface area (Å²) in [6.07, 6.45) is 2.68. The zero-order valence-corrected chi connectivity index (χ0v) is 15.7. The molecule has 0 radical (unpaired) electrons. The number of carbonyl (C=O) groups excluding carboxylic acids is 1.